The van der Waals surface area contributed by atoms with Crippen LogP contribution in [0.15, 0.2) is 12.3 Å². The van der Waals surface area contributed by atoms with Gasteiger partial charge in [-0.3, -0.25) is 9.59 Å². The van der Waals surface area contributed by atoms with Crippen LogP contribution in [0.2, 0.25) is 5.02 Å². The average molecular weight is 245 g/mol. The van der Waals surface area contributed by atoms with Crippen molar-refractivity contribution in [3.8, 4) is 0 Å². The van der Waals surface area contributed by atoms with Crippen molar-refractivity contribution >= 4 is 23.5 Å². The van der Waals surface area contributed by atoms with Gasteiger partial charge in [0, 0.05) is 12.7 Å². The Bertz CT molecular complexity index is 376. The van der Waals surface area contributed by atoms with Crippen molar-refractivity contribution in [2.45, 2.75) is 13.3 Å². The Morgan fingerprint density at radius 3 is 2.88 bits per heavy atom. The monoisotopic (exact) mass is 244 g/mol. The van der Waals surface area contributed by atoms with Crippen molar-refractivity contribution < 1.29 is 14.3 Å². The molecular formula is C10H13ClN2O3. The highest BCUT2D eigenvalue weighted by atomic mass is 35.5. The summed E-state index contributed by atoms with van der Waals surface area (Å²) in [6.45, 7) is 2.32. The smallest absolute Gasteiger partial charge is 0.307 e. The van der Waals surface area contributed by atoms with Gasteiger partial charge in [-0.25, -0.2) is 0 Å². The van der Waals surface area contributed by atoms with Crippen LogP contribution in [0, 0.1) is 0 Å². The molecule has 88 valence electrons. The predicted octanol–water partition coefficient (Wildman–Crippen LogP) is 1.35. The number of ether oxygens (including phenoxy) is 1. The molecule has 5 nitrogen and oxygen atoms in total. The number of esters is 1. The Balaban J connectivity index is 2.28. The maximum absolute atomic E-state index is 11.4. The molecule has 6 heteroatoms. The molecule has 0 saturated carbocycles. The third-order valence-electron chi connectivity index (χ3n) is 1.81. The molecule has 0 bridgehead atoms. The molecule has 0 spiro atoms. The second kappa shape index (κ2) is 6.17. The SMILES string of the molecule is CCOC(=O)CCNC(=O)c1cc(Cl)c[nH]1. The molecule has 16 heavy (non-hydrogen) atoms. The maximum Gasteiger partial charge on any atom is 0.307 e. The van der Waals surface area contributed by atoms with Gasteiger partial charge in [0.1, 0.15) is 5.69 Å². The third-order valence-corrected chi connectivity index (χ3v) is 2.03. The van der Waals surface area contributed by atoms with Crippen LogP contribution < -0.4 is 5.32 Å². The number of carbonyl (C=O) groups is 2. The Morgan fingerprint density at radius 1 is 1.56 bits per heavy atom. The van der Waals surface area contributed by atoms with E-state index in [4.69, 9.17) is 16.3 Å². The topological polar surface area (TPSA) is 71.2 Å². The lowest BCUT2D eigenvalue weighted by Gasteiger charge is -2.03. The summed E-state index contributed by atoms with van der Waals surface area (Å²) < 4.78 is 4.71. The maximum atomic E-state index is 11.4. The molecule has 0 saturated heterocycles. The first-order valence-corrected chi connectivity index (χ1v) is 5.29. The molecule has 1 aromatic rings. The molecule has 0 aliphatic rings. The number of carbonyl (C=O) groups excluding carboxylic acids is 2. The van der Waals surface area contributed by atoms with E-state index in [1.807, 2.05) is 0 Å². The van der Waals surface area contributed by atoms with E-state index in [-0.39, 0.29) is 24.8 Å². The fraction of sp³-hybridized carbons (Fsp3) is 0.400. The fourth-order valence-corrected chi connectivity index (χ4v) is 1.27. The summed E-state index contributed by atoms with van der Waals surface area (Å²) >= 11 is 5.64. The molecule has 0 atom stereocenters. The zero-order valence-electron chi connectivity index (χ0n) is 8.88. The minimum Gasteiger partial charge on any atom is -0.466 e. The molecule has 0 aliphatic heterocycles. The molecule has 2 N–H and O–H groups in total. The van der Waals surface area contributed by atoms with Crippen molar-refractivity contribution in [2.24, 2.45) is 0 Å². The van der Waals surface area contributed by atoms with Gasteiger partial charge in [0.15, 0.2) is 0 Å². The normalized spacial score (nSPS) is 9.88. The van der Waals surface area contributed by atoms with Crippen LogP contribution in [0.4, 0.5) is 0 Å². The summed E-state index contributed by atoms with van der Waals surface area (Å²) in [7, 11) is 0. The lowest BCUT2D eigenvalue weighted by atomic mass is 10.3. The highest BCUT2D eigenvalue weighted by molar-refractivity contribution is 6.30. The number of aromatic nitrogens is 1. The molecule has 0 radical (unpaired) electrons. The summed E-state index contributed by atoms with van der Waals surface area (Å²) in [6, 6.07) is 1.52. The van der Waals surface area contributed by atoms with Crippen molar-refractivity contribution in [1.82, 2.24) is 10.3 Å². The fourth-order valence-electron chi connectivity index (χ4n) is 1.11. The lowest BCUT2D eigenvalue weighted by Crippen LogP contribution is -2.26. The zero-order valence-corrected chi connectivity index (χ0v) is 9.63. The number of hydrogen-bond acceptors (Lipinski definition) is 3. The van der Waals surface area contributed by atoms with Gasteiger partial charge < -0.3 is 15.0 Å². The average Bonchev–Trinajstić information content (AvgIpc) is 2.65. The molecule has 0 aliphatic carbocycles. The van der Waals surface area contributed by atoms with E-state index >= 15 is 0 Å². The molecule has 0 aromatic carbocycles. The Hall–Kier alpha value is -1.49. The van der Waals surface area contributed by atoms with Crippen molar-refractivity contribution in [1.29, 1.82) is 0 Å². The van der Waals surface area contributed by atoms with E-state index in [9.17, 15) is 9.59 Å². The van der Waals surface area contributed by atoms with Crippen LogP contribution in [0.3, 0.4) is 0 Å². The number of aromatic amines is 1. The molecule has 1 amide bonds. The quantitative estimate of drug-likeness (QED) is 0.768. The van der Waals surface area contributed by atoms with E-state index in [0.717, 1.165) is 0 Å². The van der Waals surface area contributed by atoms with Crippen molar-refractivity contribution in [2.75, 3.05) is 13.2 Å². The number of rotatable bonds is 5. The van der Waals surface area contributed by atoms with E-state index in [1.54, 1.807) is 6.92 Å². The third kappa shape index (κ3) is 3.94. The summed E-state index contributed by atoms with van der Waals surface area (Å²) in [5.41, 5.74) is 0.369. The Morgan fingerprint density at radius 2 is 2.31 bits per heavy atom. The Labute approximate surface area is 98.1 Å². The van der Waals surface area contributed by atoms with Gasteiger partial charge in [-0.15, -0.1) is 0 Å². The number of nitrogens with one attached hydrogen (secondary N) is 2. The first-order chi connectivity index (χ1) is 7.63. The van der Waals surface area contributed by atoms with Gasteiger partial charge in [-0.05, 0) is 13.0 Å². The molecule has 1 rings (SSSR count). The van der Waals surface area contributed by atoms with E-state index in [0.29, 0.717) is 17.3 Å². The van der Waals surface area contributed by atoms with Crippen LogP contribution >= 0.6 is 11.6 Å². The van der Waals surface area contributed by atoms with Crippen LogP contribution in [-0.4, -0.2) is 30.0 Å². The lowest BCUT2D eigenvalue weighted by molar-refractivity contribution is -0.142. The minimum absolute atomic E-state index is 0.161. The van der Waals surface area contributed by atoms with Crippen LogP contribution in [0.25, 0.3) is 0 Å². The molecule has 0 unspecified atom stereocenters. The number of hydrogen-bond donors (Lipinski definition) is 2. The number of halogens is 1. The Kier molecular flexibility index (Phi) is 4.85. The summed E-state index contributed by atoms with van der Waals surface area (Å²) in [5, 5.41) is 3.04. The largest absolute Gasteiger partial charge is 0.466 e. The van der Waals surface area contributed by atoms with Gasteiger partial charge in [0.2, 0.25) is 0 Å². The van der Waals surface area contributed by atoms with E-state index in [1.165, 1.54) is 12.3 Å². The highest BCUT2D eigenvalue weighted by Crippen LogP contribution is 2.08. The molecule has 0 fully saturated rings. The van der Waals surface area contributed by atoms with Crippen molar-refractivity contribution in [3.05, 3.63) is 23.0 Å². The van der Waals surface area contributed by atoms with E-state index in [2.05, 4.69) is 10.3 Å². The number of H-pyrrole nitrogens is 1. The van der Waals surface area contributed by atoms with Gasteiger partial charge in [0.25, 0.3) is 5.91 Å². The standard InChI is InChI=1S/C10H13ClN2O3/c1-2-16-9(14)3-4-12-10(15)8-5-7(11)6-13-8/h5-6,13H,2-4H2,1H3,(H,12,15). The summed E-state index contributed by atoms with van der Waals surface area (Å²) in [5.74, 6) is -0.622. The summed E-state index contributed by atoms with van der Waals surface area (Å²) in [6.07, 6.45) is 1.68. The zero-order chi connectivity index (χ0) is 12.0. The van der Waals surface area contributed by atoms with E-state index < -0.39 is 0 Å². The summed E-state index contributed by atoms with van der Waals surface area (Å²) in [4.78, 5) is 25.1. The van der Waals surface area contributed by atoms with Gasteiger partial charge >= 0.3 is 5.97 Å². The predicted molar refractivity (Wildman–Crippen MR) is 59.4 cm³/mol. The highest BCUT2D eigenvalue weighted by Gasteiger charge is 2.08. The first-order valence-electron chi connectivity index (χ1n) is 4.91. The van der Waals surface area contributed by atoms with Crippen LogP contribution in [-0.2, 0) is 9.53 Å². The minimum atomic E-state index is -0.327. The van der Waals surface area contributed by atoms with Crippen LogP contribution in [0.5, 0.6) is 0 Å². The number of amides is 1. The second-order valence-corrected chi connectivity index (χ2v) is 3.48. The van der Waals surface area contributed by atoms with Gasteiger partial charge in [-0.1, -0.05) is 11.6 Å². The van der Waals surface area contributed by atoms with Gasteiger partial charge in [0.05, 0.1) is 18.1 Å². The first kappa shape index (κ1) is 12.6. The van der Waals surface area contributed by atoms with Crippen LogP contribution in [0.1, 0.15) is 23.8 Å². The van der Waals surface area contributed by atoms with Gasteiger partial charge in [-0.2, -0.15) is 0 Å². The second-order valence-electron chi connectivity index (χ2n) is 3.04. The molecule has 1 heterocycles. The molecular weight excluding hydrogens is 232 g/mol. The molecule has 1 aromatic heterocycles. The van der Waals surface area contributed by atoms with Crippen molar-refractivity contribution in [3.63, 3.8) is 0 Å².